The van der Waals surface area contributed by atoms with E-state index < -0.39 is 5.82 Å². The Morgan fingerprint density at radius 3 is 2.55 bits per heavy atom. The lowest BCUT2D eigenvalue weighted by molar-refractivity contribution is 0.177. The first-order valence-corrected chi connectivity index (χ1v) is 6.60. The van der Waals surface area contributed by atoms with Crippen molar-refractivity contribution in [3.8, 4) is 5.75 Å². The number of hydrogen-bond acceptors (Lipinski definition) is 2. The molecule has 2 aromatic rings. The fourth-order valence-electron chi connectivity index (χ4n) is 2.31. The molecule has 2 nitrogen and oxygen atoms in total. The van der Waals surface area contributed by atoms with E-state index in [2.05, 4.69) is 5.32 Å². The fraction of sp³-hybridized carbons (Fsp3) is 0.200. The average molecular weight is 296 g/mol. The van der Waals surface area contributed by atoms with Gasteiger partial charge >= 0.3 is 0 Å². The standard InChI is InChI=1S/C15H12ClF2NO/c1-8-15(9-2-4-10(17)5-3-9)20-14-7-12(18)11(16)6-13(14)19-8/h2-8,15,19H,1H3. The lowest BCUT2D eigenvalue weighted by Crippen LogP contribution is -2.32. The van der Waals surface area contributed by atoms with Gasteiger partial charge in [-0.25, -0.2) is 8.78 Å². The largest absolute Gasteiger partial charge is 0.481 e. The molecule has 1 aliphatic heterocycles. The fourth-order valence-corrected chi connectivity index (χ4v) is 2.47. The van der Waals surface area contributed by atoms with Gasteiger partial charge in [-0.2, -0.15) is 0 Å². The Morgan fingerprint density at radius 1 is 1.15 bits per heavy atom. The van der Waals surface area contributed by atoms with Gasteiger partial charge in [-0.15, -0.1) is 0 Å². The van der Waals surface area contributed by atoms with Crippen molar-refractivity contribution in [1.82, 2.24) is 0 Å². The number of benzene rings is 2. The summed E-state index contributed by atoms with van der Waals surface area (Å²) in [5, 5.41) is 3.27. The molecule has 104 valence electrons. The van der Waals surface area contributed by atoms with Crippen molar-refractivity contribution < 1.29 is 13.5 Å². The van der Waals surface area contributed by atoms with Gasteiger partial charge < -0.3 is 10.1 Å². The van der Waals surface area contributed by atoms with Crippen molar-refractivity contribution in [3.63, 3.8) is 0 Å². The van der Waals surface area contributed by atoms with Crippen LogP contribution in [0.25, 0.3) is 0 Å². The first-order chi connectivity index (χ1) is 9.54. The van der Waals surface area contributed by atoms with Gasteiger partial charge in [-0.1, -0.05) is 23.7 Å². The zero-order chi connectivity index (χ0) is 14.3. The summed E-state index contributed by atoms with van der Waals surface area (Å²) < 4.78 is 32.3. The number of fused-ring (bicyclic) bond motifs is 1. The van der Waals surface area contributed by atoms with Crippen LogP contribution in [0.4, 0.5) is 14.5 Å². The Morgan fingerprint density at radius 2 is 1.85 bits per heavy atom. The van der Waals surface area contributed by atoms with Crippen molar-refractivity contribution in [2.75, 3.05) is 5.32 Å². The second-order valence-electron chi connectivity index (χ2n) is 4.79. The predicted molar refractivity (Wildman–Crippen MR) is 74.3 cm³/mol. The Balaban J connectivity index is 1.96. The molecular weight excluding hydrogens is 284 g/mol. The smallest absolute Gasteiger partial charge is 0.146 e. The van der Waals surface area contributed by atoms with Crippen LogP contribution in [0, 0.1) is 11.6 Å². The highest BCUT2D eigenvalue weighted by Crippen LogP contribution is 2.39. The highest BCUT2D eigenvalue weighted by Gasteiger charge is 2.28. The van der Waals surface area contributed by atoms with E-state index in [4.69, 9.17) is 16.3 Å². The van der Waals surface area contributed by atoms with Gasteiger partial charge in [-0.05, 0) is 30.7 Å². The van der Waals surface area contributed by atoms with E-state index in [9.17, 15) is 8.78 Å². The highest BCUT2D eigenvalue weighted by atomic mass is 35.5. The molecule has 0 spiro atoms. The van der Waals surface area contributed by atoms with Gasteiger partial charge in [0.05, 0.1) is 16.8 Å². The summed E-state index contributed by atoms with van der Waals surface area (Å²) in [4.78, 5) is 0. The molecule has 0 fully saturated rings. The van der Waals surface area contributed by atoms with Crippen LogP contribution in [0.3, 0.4) is 0 Å². The number of anilines is 1. The van der Waals surface area contributed by atoms with Gasteiger partial charge in [0.25, 0.3) is 0 Å². The Bertz CT molecular complexity index is 645. The maximum absolute atomic E-state index is 13.5. The molecule has 1 aliphatic rings. The molecular formula is C15H12ClF2NO. The third-order valence-electron chi connectivity index (χ3n) is 3.31. The van der Waals surface area contributed by atoms with Crippen molar-refractivity contribution in [2.45, 2.75) is 19.1 Å². The maximum Gasteiger partial charge on any atom is 0.146 e. The summed E-state index contributed by atoms with van der Waals surface area (Å²) >= 11 is 5.75. The van der Waals surface area contributed by atoms with E-state index in [-0.39, 0.29) is 23.0 Å². The first-order valence-electron chi connectivity index (χ1n) is 6.22. The third kappa shape index (κ3) is 2.31. The van der Waals surface area contributed by atoms with E-state index in [1.165, 1.54) is 24.3 Å². The quantitative estimate of drug-likeness (QED) is 0.833. The third-order valence-corrected chi connectivity index (χ3v) is 3.60. The summed E-state index contributed by atoms with van der Waals surface area (Å²) in [6, 6.07) is 8.79. The van der Waals surface area contributed by atoms with Crippen molar-refractivity contribution in [1.29, 1.82) is 0 Å². The Labute approximate surface area is 120 Å². The van der Waals surface area contributed by atoms with Crippen LogP contribution < -0.4 is 10.1 Å². The molecule has 3 rings (SSSR count). The molecule has 0 aliphatic carbocycles. The molecule has 0 saturated carbocycles. The minimum absolute atomic E-state index is 0.0468. The molecule has 1 heterocycles. The molecule has 1 N–H and O–H groups in total. The summed E-state index contributed by atoms with van der Waals surface area (Å²) in [5.41, 5.74) is 1.48. The maximum atomic E-state index is 13.5. The SMILES string of the molecule is CC1Nc2cc(Cl)c(F)cc2OC1c1ccc(F)cc1. The van der Waals surface area contributed by atoms with Crippen LogP contribution in [0.2, 0.25) is 5.02 Å². The summed E-state index contributed by atoms with van der Waals surface area (Å²) in [6.45, 7) is 1.94. The minimum Gasteiger partial charge on any atom is -0.481 e. The second kappa shape index (κ2) is 4.94. The predicted octanol–water partition coefficient (Wildman–Crippen LogP) is 4.55. The zero-order valence-electron chi connectivity index (χ0n) is 10.7. The molecule has 0 radical (unpaired) electrons. The number of hydrogen-bond donors (Lipinski definition) is 1. The topological polar surface area (TPSA) is 21.3 Å². The summed E-state index contributed by atoms with van der Waals surface area (Å²) in [7, 11) is 0. The zero-order valence-corrected chi connectivity index (χ0v) is 11.4. The van der Waals surface area contributed by atoms with Gasteiger partial charge in [0.1, 0.15) is 23.5 Å². The van der Waals surface area contributed by atoms with E-state index in [1.54, 1.807) is 12.1 Å². The van der Waals surface area contributed by atoms with E-state index in [0.29, 0.717) is 11.4 Å². The van der Waals surface area contributed by atoms with Gasteiger partial charge in [0.15, 0.2) is 0 Å². The van der Waals surface area contributed by atoms with Crippen molar-refractivity contribution in [3.05, 3.63) is 58.6 Å². The molecule has 2 aromatic carbocycles. The molecule has 0 aromatic heterocycles. The van der Waals surface area contributed by atoms with Gasteiger partial charge in [0.2, 0.25) is 0 Å². The monoisotopic (exact) mass is 295 g/mol. The molecule has 2 atom stereocenters. The lowest BCUT2D eigenvalue weighted by Gasteiger charge is -2.33. The number of halogens is 3. The highest BCUT2D eigenvalue weighted by molar-refractivity contribution is 6.31. The molecule has 2 unspecified atom stereocenters. The number of ether oxygens (including phenoxy) is 1. The van der Waals surface area contributed by atoms with Crippen LogP contribution in [0.15, 0.2) is 36.4 Å². The Kier molecular flexibility index (Phi) is 3.26. The molecule has 0 saturated heterocycles. The van der Waals surface area contributed by atoms with E-state index >= 15 is 0 Å². The summed E-state index contributed by atoms with van der Waals surface area (Å²) in [5.74, 6) is -0.428. The first kappa shape index (κ1) is 13.2. The molecule has 5 heteroatoms. The van der Waals surface area contributed by atoms with Gasteiger partial charge in [0, 0.05) is 6.07 Å². The van der Waals surface area contributed by atoms with Crippen LogP contribution in [-0.2, 0) is 0 Å². The van der Waals surface area contributed by atoms with Gasteiger partial charge in [-0.3, -0.25) is 0 Å². The van der Waals surface area contributed by atoms with Crippen LogP contribution in [-0.4, -0.2) is 6.04 Å². The second-order valence-corrected chi connectivity index (χ2v) is 5.19. The Hall–Kier alpha value is -1.81. The minimum atomic E-state index is -0.528. The summed E-state index contributed by atoms with van der Waals surface area (Å²) in [6.07, 6.45) is -0.316. The lowest BCUT2D eigenvalue weighted by atomic mass is 10.0. The normalized spacial score (nSPS) is 20.8. The molecule has 0 amide bonds. The van der Waals surface area contributed by atoms with E-state index in [1.807, 2.05) is 6.92 Å². The number of nitrogens with one attached hydrogen (secondary N) is 1. The molecule has 0 bridgehead atoms. The van der Waals surface area contributed by atoms with Crippen molar-refractivity contribution >= 4 is 17.3 Å². The van der Waals surface area contributed by atoms with Crippen molar-refractivity contribution in [2.24, 2.45) is 0 Å². The molecule has 20 heavy (non-hydrogen) atoms. The number of rotatable bonds is 1. The van der Waals surface area contributed by atoms with Crippen LogP contribution in [0.1, 0.15) is 18.6 Å². The van der Waals surface area contributed by atoms with Crippen LogP contribution >= 0.6 is 11.6 Å². The van der Waals surface area contributed by atoms with E-state index in [0.717, 1.165) is 5.56 Å². The average Bonchev–Trinajstić information content (AvgIpc) is 2.41. The van der Waals surface area contributed by atoms with Crippen LogP contribution in [0.5, 0.6) is 5.75 Å².